The second-order valence-electron chi connectivity index (χ2n) is 3.78. The number of hydrogen-bond donors (Lipinski definition) is 1. The first-order chi connectivity index (χ1) is 8.20. The Labute approximate surface area is 100 Å². The molecule has 1 N–H and O–H groups in total. The van der Waals surface area contributed by atoms with Crippen LogP contribution in [0.5, 0.6) is 5.75 Å². The average molecular weight is 232 g/mol. The van der Waals surface area contributed by atoms with Gasteiger partial charge in [-0.2, -0.15) is 4.98 Å². The molecular formula is C12H16N4O. The van der Waals surface area contributed by atoms with Gasteiger partial charge in [-0.3, -0.25) is 0 Å². The lowest BCUT2D eigenvalue weighted by atomic mass is 10.2. The molecule has 1 heterocycles. The highest BCUT2D eigenvalue weighted by Crippen LogP contribution is 2.17. The maximum absolute atomic E-state index is 5.71. The largest absolute Gasteiger partial charge is 0.485 e. The van der Waals surface area contributed by atoms with Crippen LogP contribution in [0.3, 0.4) is 0 Å². The van der Waals surface area contributed by atoms with Crippen LogP contribution in [0.2, 0.25) is 0 Å². The van der Waals surface area contributed by atoms with Crippen molar-refractivity contribution in [3.63, 3.8) is 0 Å². The van der Waals surface area contributed by atoms with Gasteiger partial charge in [0, 0.05) is 14.1 Å². The summed E-state index contributed by atoms with van der Waals surface area (Å²) in [5, 5.41) is 7.08. The maximum atomic E-state index is 5.71. The van der Waals surface area contributed by atoms with Gasteiger partial charge in [0.1, 0.15) is 12.4 Å². The fraction of sp³-hybridized carbons (Fsp3) is 0.333. The Morgan fingerprint density at radius 3 is 2.76 bits per heavy atom. The third kappa shape index (κ3) is 2.55. The van der Waals surface area contributed by atoms with E-state index in [1.807, 2.05) is 38.2 Å². The standard InChI is InChI=1S/C12H16N4O/c1-9-6-4-5-7-10(9)17-8-11-14-12(13-2)15-16(11)3/h4-7H,8H2,1-3H3,(H,13,15). The van der Waals surface area contributed by atoms with Gasteiger partial charge >= 0.3 is 0 Å². The Morgan fingerprint density at radius 1 is 1.35 bits per heavy atom. The molecular weight excluding hydrogens is 216 g/mol. The molecule has 0 saturated carbocycles. The van der Waals surface area contributed by atoms with Gasteiger partial charge in [0.2, 0.25) is 5.95 Å². The van der Waals surface area contributed by atoms with E-state index in [-0.39, 0.29) is 0 Å². The first-order valence-electron chi connectivity index (χ1n) is 5.47. The van der Waals surface area contributed by atoms with E-state index in [1.165, 1.54) is 0 Å². The molecule has 5 heteroatoms. The van der Waals surface area contributed by atoms with Gasteiger partial charge in [0.25, 0.3) is 0 Å². The zero-order valence-corrected chi connectivity index (χ0v) is 10.3. The number of rotatable bonds is 4. The molecule has 0 bridgehead atoms. The summed E-state index contributed by atoms with van der Waals surface area (Å²) in [6.07, 6.45) is 0. The minimum Gasteiger partial charge on any atom is -0.485 e. The van der Waals surface area contributed by atoms with Gasteiger partial charge in [-0.1, -0.05) is 18.2 Å². The number of aryl methyl sites for hydroxylation is 2. The quantitative estimate of drug-likeness (QED) is 0.872. The first-order valence-corrected chi connectivity index (χ1v) is 5.47. The van der Waals surface area contributed by atoms with E-state index in [9.17, 15) is 0 Å². The number of anilines is 1. The minimum absolute atomic E-state index is 0.413. The van der Waals surface area contributed by atoms with Gasteiger partial charge in [0.05, 0.1) is 0 Å². The zero-order chi connectivity index (χ0) is 12.3. The third-order valence-electron chi connectivity index (χ3n) is 2.53. The van der Waals surface area contributed by atoms with Crippen molar-refractivity contribution in [3.05, 3.63) is 35.7 Å². The zero-order valence-electron chi connectivity index (χ0n) is 10.3. The molecule has 0 fully saturated rings. The molecule has 0 unspecified atom stereocenters. The minimum atomic E-state index is 0.413. The number of benzene rings is 1. The van der Waals surface area contributed by atoms with Gasteiger partial charge < -0.3 is 10.1 Å². The Bertz CT molecular complexity index is 507. The van der Waals surface area contributed by atoms with E-state index in [0.717, 1.165) is 17.1 Å². The summed E-state index contributed by atoms with van der Waals surface area (Å²) >= 11 is 0. The Kier molecular flexibility index (Phi) is 3.27. The van der Waals surface area contributed by atoms with Crippen LogP contribution in [0.15, 0.2) is 24.3 Å². The lowest BCUT2D eigenvalue weighted by Crippen LogP contribution is -2.04. The highest BCUT2D eigenvalue weighted by molar-refractivity contribution is 5.31. The highest BCUT2D eigenvalue weighted by atomic mass is 16.5. The smallest absolute Gasteiger partial charge is 0.242 e. The van der Waals surface area contributed by atoms with E-state index < -0.39 is 0 Å². The van der Waals surface area contributed by atoms with E-state index in [1.54, 1.807) is 11.7 Å². The summed E-state index contributed by atoms with van der Waals surface area (Å²) in [7, 11) is 3.64. The fourth-order valence-electron chi connectivity index (χ4n) is 1.51. The molecule has 17 heavy (non-hydrogen) atoms. The fourth-order valence-corrected chi connectivity index (χ4v) is 1.51. The van der Waals surface area contributed by atoms with Crippen molar-refractivity contribution >= 4 is 5.95 Å². The van der Waals surface area contributed by atoms with Crippen molar-refractivity contribution in [2.45, 2.75) is 13.5 Å². The number of aromatic nitrogens is 3. The van der Waals surface area contributed by atoms with Crippen LogP contribution in [-0.2, 0) is 13.7 Å². The molecule has 2 aromatic rings. The molecule has 2 rings (SSSR count). The summed E-state index contributed by atoms with van der Waals surface area (Å²) in [5.41, 5.74) is 1.11. The summed E-state index contributed by atoms with van der Waals surface area (Å²) in [5.74, 6) is 2.27. The van der Waals surface area contributed by atoms with Crippen molar-refractivity contribution in [1.82, 2.24) is 14.8 Å². The summed E-state index contributed by atoms with van der Waals surface area (Å²) in [6.45, 7) is 2.43. The van der Waals surface area contributed by atoms with E-state index >= 15 is 0 Å². The van der Waals surface area contributed by atoms with Gasteiger partial charge in [-0.25, -0.2) is 4.68 Å². The summed E-state index contributed by atoms with van der Waals surface area (Å²) in [4.78, 5) is 4.29. The highest BCUT2D eigenvalue weighted by Gasteiger charge is 2.07. The molecule has 0 spiro atoms. The maximum Gasteiger partial charge on any atom is 0.242 e. The number of ether oxygens (including phenoxy) is 1. The predicted molar refractivity (Wildman–Crippen MR) is 66.1 cm³/mol. The van der Waals surface area contributed by atoms with Crippen LogP contribution in [-0.4, -0.2) is 21.8 Å². The number of nitrogens with one attached hydrogen (secondary N) is 1. The average Bonchev–Trinajstić information content (AvgIpc) is 2.69. The van der Waals surface area contributed by atoms with E-state index in [4.69, 9.17) is 4.74 Å². The molecule has 0 saturated heterocycles. The second-order valence-corrected chi connectivity index (χ2v) is 3.78. The lowest BCUT2D eigenvalue weighted by Gasteiger charge is -2.07. The molecule has 1 aromatic heterocycles. The number of hydrogen-bond acceptors (Lipinski definition) is 4. The van der Waals surface area contributed by atoms with Crippen molar-refractivity contribution < 1.29 is 4.74 Å². The van der Waals surface area contributed by atoms with Gasteiger partial charge in [-0.15, -0.1) is 5.10 Å². The molecule has 0 amide bonds. The van der Waals surface area contributed by atoms with Crippen LogP contribution in [0.25, 0.3) is 0 Å². The van der Waals surface area contributed by atoms with Crippen molar-refractivity contribution in [3.8, 4) is 5.75 Å². The van der Waals surface area contributed by atoms with Gasteiger partial charge in [-0.05, 0) is 18.6 Å². The molecule has 0 radical (unpaired) electrons. The van der Waals surface area contributed by atoms with Crippen molar-refractivity contribution in [2.75, 3.05) is 12.4 Å². The lowest BCUT2D eigenvalue weighted by molar-refractivity contribution is 0.288. The molecule has 90 valence electrons. The molecule has 5 nitrogen and oxygen atoms in total. The number of para-hydroxylation sites is 1. The van der Waals surface area contributed by atoms with Gasteiger partial charge in [0.15, 0.2) is 5.82 Å². The normalized spacial score (nSPS) is 10.3. The Hall–Kier alpha value is -2.04. The van der Waals surface area contributed by atoms with Crippen molar-refractivity contribution in [1.29, 1.82) is 0 Å². The van der Waals surface area contributed by atoms with Crippen LogP contribution >= 0.6 is 0 Å². The van der Waals surface area contributed by atoms with E-state index in [0.29, 0.717) is 12.6 Å². The number of nitrogens with zero attached hydrogens (tertiary/aromatic N) is 3. The van der Waals surface area contributed by atoms with Crippen LogP contribution in [0, 0.1) is 6.92 Å². The molecule has 0 aliphatic carbocycles. The molecule has 0 atom stereocenters. The van der Waals surface area contributed by atoms with E-state index in [2.05, 4.69) is 15.4 Å². The summed E-state index contributed by atoms with van der Waals surface area (Å²) < 4.78 is 7.42. The van der Waals surface area contributed by atoms with Crippen LogP contribution in [0.1, 0.15) is 11.4 Å². The molecule has 0 aliphatic heterocycles. The summed E-state index contributed by atoms with van der Waals surface area (Å²) in [6, 6.07) is 7.91. The molecule has 0 aliphatic rings. The first kappa shape index (κ1) is 11.4. The van der Waals surface area contributed by atoms with Crippen LogP contribution < -0.4 is 10.1 Å². The predicted octanol–water partition coefficient (Wildman–Crippen LogP) is 1.74. The van der Waals surface area contributed by atoms with Crippen LogP contribution in [0.4, 0.5) is 5.95 Å². The molecule has 1 aromatic carbocycles. The van der Waals surface area contributed by atoms with Crippen molar-refractivity contribution in [2.24, 2.45) is 7.05 Å². The Morgan fingerprint density at radius 2 is 2.12 bits per heavy atom. The topological polar surface area (TPSA) is 52.0 Å². The SMILES string of the molecule is CNc1nc(COc2ccccc2C)n(C)n1. The Balaban J connectivity index is 2.07. The monoisotopic (exact) mass is 232 g/mol. The third-order valence-corrected chi connectivity index (χ3v) is 2.53. The second kappa shape index (κ2) is 4.86.